The van der Waals surface area contributed by atoms with Gasteiger partial charge in [-0.05, 0) is 37.1 Å². The highest BCUT2D eigenvalue weighted by Gasteiger charge is 2.03. The van der Waals surface area contributed by atoms with Crippen molar-refractivity contribution in [3.63, 3.8) is 0 Å². The smallest absolute Gasteiger partial charge is 0.221 e. The Morgan fingerprint density at radius 3 is 2.80 bits per heavy atom. The summed E-state index contributed by atoms with van der Waals surface area (Å²) in [6, 6.07) is 5.93. The molecular weight excluding hydrogens is 270 g/mol. The lowest BCUT2D eigenvalue weighted by Gasteiger charge is -2.10. The first-order chi connectivity index (χ1) is 9.58. The molecule has 0 bridgehead atoms. The second-order valence-corrected chi connectivity index (χ2v) is 5.84. The summed E-state index contributed by atoms with van der Waals surface area (Å²) in [5, 5.41) is 7.35. The minimum Gasteiger partial charge on any atom is -0.380 e. The molecule has 0 aliphatic heterocycles. The molecule has 2 rings (SSSR count). The average Bonchev–Trinajstić information content (AvgIpc) is 2.87. The van der Waals surface area contributed by atoms with Crippen molar-refractivity contribution in [1.29, 1.82) is 0 Å². The number of hydrogen-bond acceptors (Lipinski definition) is 4. The molecule has 1 heterocycles. The monoisotopic (exact) mass is 289 g/mol. The van der Waals surface area contributed by atoms with Crippen LogP contribution in [-0.2, 0) is 17.8 Å². The van der Waals surface area contributed by atoms with E-state index in [2.05, 4.69) is 22.5 Å². The number of hydrogen-bond donors (Lipinski definition) is 2. The zero-order valence-electron chi connectivity index (χ0n) is 12.0. The summed E-state index contributed by atoms with van der Waals surface area (Å²) in [6.07, 6.45) is 2.91. The van der Waals surface area contributed by atoms with Crippen LogP contribution in [0, 0.1) is 6.92 Å². The molecule has 0 saturated heterocycles. The van der Waals surface area contributed by atoms with E-state index in [1.54, 1.807) is 11.3 Å². The van der Waals surface area contributed by atoms with Crippen LogP contribution in [0.15, 0.2) is 24.4 Å². The number of amides is 1. The molecule has 1 aromatic heterocycles. The van der Waals surface area contributed by atoms with Gasteiger partial charge in [-0.1, -0.05) is 6.92 Å². The number of aryl methyl sites for hydroxylation is 2. The number of aromatic nitrogens is 1. The number of nitrogens with one attached hydrogen (secondary N) is 2. The molecule has 106 valence electrons. The molecule has 2 aromatic rings. The molecule has 0 aliphatic carbocycles. The Bertz CT molecular complexity index is 607. The van der Waals surface area contributed by atoms with Crippen LogP contribution in [0.25, 0.3) is 0 Å². The van der Waals surface area contributed by atoms with Crippen molar-refractivity contribution in [3.8, 4) is 0 Å². The molecule has 0 fully saturated rings. The fourth-order valence-electron chi connectivity index (χ4n) is 1.89. The van der Waals surface area contributed by atoms with Crippen LogP contribution in [0.4, 0.5) is 11.4 Å². The van der Waals surface area contributed by atoms with Crippen LogP contribution < -0.4 is 10.6 Å². The maximum absolute atomic E-state index is 11.1. The number of rotatable bonds is 5. The molecule has 5 heteroatoms. The standard InChI is InChI=1S/C15H19N3OS/c1-4-15-17-9-13(20-15)8-16-12-5-6-14(10(2)7-12)18-11(3)19/h5-7,9,16H,4,8H2,1-3H3,(H,18,19). The molecule has 0 unspecified atom stereocenters. The van der Waals surface area contributed by atoms with Gasteiger partial charge in [0.1, 0.15) is 0 Å². The third-order valence-corrected chi connectivity index (χ3v) is 4.05. The summed E-state index contributed by atoms with van der Waals surface area (Å²) >= 11 is 1.74. The molecule has 0 spiro atoms. The van der Waals surface area contributed by atoms with Gasteiger partial charge in [0.15, 0.2) is 0 Å². The van der Waals surface area contributed by atoms with E-state index >= 15 is 0 Å². The van der Waals surface area contributed by atoms with E-state index in [4.69, 9.17) is 0 Å². The molecule has 0 saturated carbocycles. The number of thiazole rings is 1. The van der Waals surface area contributed by atoms with Crippen molar-refractivity contribution >= 4 is 28.6 Å². The number of anilines is 2. The molecule has 1 amide bonds. The lowest BCUT2D eigenvalue weighted by Crippen LogP contribution is -2.07. The Hall–Kier alpha value is -1.88. The molecule has 2 N–H and O–H groups in total. The quantitative estimate of drug-likeness (QED) is 0.884. The van der Waals surface area contributed by atoms with Gasteiger partial charge in [-0.15, -0.1) is 11.3 Å². The van der Waals surface area contributed by atoms with Crippen LogP contribution in [0.1, 0.15) is 29.3 Å². The van der Waals surface area contributed by atoms with E-state index in [0.29, 0.717) is 0 Å². The largest absolute Gasteiger partial charge is 0.380 e. The maximum Gasteiger partial charge on any atom is 0.221 e. The van der Waals surface area contributed by atoms with Crippen molar-refractivity contribution in [3.05, 3.63) is 39.8 Å². The summed E-state index contributed by atoms with van der Waals surface area (Å²) in [7, 11) is 0. The lowest BCUT2D eigenvalue weighted by molar-refractivity contribution is -0.114. The third-order valence-electron chi connectivity index (χ3n) is 2.91. The molecule has 0 aliphatic rings. The molecule has 0 radical (unpaired) electrons. The first kappa shape index (κ1) is 14.5. The molecular formula is C15H19N3OS. The van der Waals surface area contributed by atoms with Gasteiger partial charge in [-0.25, -0.2) is 4.98 Å². The predicted octanol–water partition coefficient (Wildman–Crippen LogP) is 3.58. The molecule has 4 nitrogen and oxygen atoms in total. The highest BCUT2D eigenvalue weighted by Crippen LogP contribution is 2.21. The van der Waals surface area contributed by atoms with Gasteiger partial charge < -0.3 is 10.6 Å². The van der Waals surface area contributed by atoms with E-state index in [0.717, 1.165) is 29.9 Å². The summed E-state index contributed by atoms with van der Waals surface area (Å²) < 4.78 is 0. The number of nitrogens with zero attached hydrogens (tertiary/aromatic N) is 1. The molecule has 1 aromatic carbocycles. The third kappa shape index (κ3) is 3.81. The lowest BCUT2D eigenvalue weighted by atomic mass is 10.1. The van der Waals surface area contributed by atoms with E-state index in [1.807, 2.05) is 31.3 Å². The van der Waals surface area contributed by atoms with Crippen LogP contribution >= 0.6 is 11.3 Å². The predicted molar refractivity (Wildman–Crippen MR) is 84.3 cm³/mol. The van der Waals surface area contributed by atoms with E-state index in [1.165, 1.54) is 16.8 Å². The van der Waals surface area contributed by atoms with Crippen LogP contribution in [0.5, 0.6) is 0 Å². The zero-order valence-corrected chi connectivity index (χ0v) is 12.8. The van der Waals surface area contributed by atoms with Gasteiger partial charge in [0.2, 0.25) is 5.91 Å². The van der Waals surface area contributed by atoms with Crippen LogP contribution in [0.3, 0.4) is 0 Å². The highest BCUT2D eigenvalue weighted by molar-refractivity contribution is 7.11. The SMILES string of the molecule is CCc1ncc(CNc2ccc(NC(C)=O)c(C)c2)s1. The minimum atomic E-state index is -0.0504. The van der Waals surface area contributed by atoms with E-state index in [-0.39, 0.29) is 5.91 Å². The van der Waals surface area contributed by atoms with Gasteiger partial charge in [-0.2, -0.15) is 0 Å². The fraction of sp³-hybridized carbons (Fsp3) is 0.333. The van der Waals surface area contributed by atoms with Crippen molar-refractivity contribution in [2.45, 2.75) is 33.7 Å². The van der Waals surface area contributed by atoms with E-state index < -0.39 is 0 Å². The Balaban J connectivity index is 1.99. The molecule has 0 atom stereocenters. The minimum absolute atomic E-state index is 0.0504. The Kier molecular flexibility index (Phi) is 4.74. The van der Waals surface area contributed by atoms with Crippen LogP contribution in [0.2, 0.25) is 0 Å². The first-order valence-electron chi connectivity index (χ1n) is 6.64. The fourth-order valence-corrected chi connectivity index (χ4v) is 2.69. The average molecular weight is 289 g/mol. The topological polar surface area (TPSA) is 54.0 Å². The summed E-state index contributed by atoms with van der Waals surface area (Å²) in [5.74, 6) is -0.0504. The number of benzene rings is 1. The van der Waals surface area contributed by atoms with Gasteiger partial charge in [0, 0.05) is 29.4 Å². The zero-order chi connectivity index (χ0) is 14.5. The second kappa shape index (κ2) is 6.52. The summed E-state index contributed by atoms with van der Waals surface area (Å²) in [4.78, 5) is 16.6. The van der Waals surface area contributed by atoms with Gasteiger partial charge in [-0.3, -0.25) is 4.79 Å². The highest BCUT2D eigenvalue weighted by atomic mass is 32.1. The van der Waals surface area contributed by atoms with Crippen molar-refractivity contribution in [2.24, 2.45) is 0 Å². The summed E-state index contributed by atoms with van der Waals surface area (Å²) in [6.45, 7) is 6.38. The van der Waals surface area contributed by atoms with Crippen LogP contribution in [-0.4, -0.2) is 10.9 Å². The normalized spacial score (nSPS) is 10.3. The maximum atomic E-state index is 11.1. The number of carbonyl (C=O) groups is 1. The Labute approximate surface area is 123 Å². The van der Waals surface area contributed by atoms with Gasteiger partial charge >= 0.3 is 0 Å². The first-order valence-corrected chi connectivity index (χ1v) is 7.46. The van der Waals surface area contributed by atoms with Crippen molar-refractivity contribution < 1.29 is 4.79 Å². The van der Waals surface area contributed by atoms with Gasteiger partial charge in [0.25, 0.3) is 0 Å². The number of carbonyl (C=O) groups excluding carboxylic acids is 1. The Morgan fingerprint density at radius 2 is 2.20 bits per heavy atom. The second-order valence-electron chi connectivity index (χ2n) is 4.64. The Morgan fingerprint density at radius 1 is 1.40 bits per heavy atom. The van der Waals surface area contributed by atoms with Gasteiger partial charge in [0.05, 0.1) is 11.6 Å². The summed E-state index contributed by atoms with van der Waals surface area (Å²) in [5.41, 5.74) is 2.95. The molecule has 20 heavy (non-hydrogen) atoms. The van der Waals surface area contributed by atoms with E-state index in [9.17, 15) is 4.79 Å². The van der Waals surface area contributed by atoms with Crippen molar-refractivity contribution in [1.82, 2.24) is 4.98 Å². The van der Waals surface area contributed by atoms with Crippen molar-refractivity contribution in [2.75, 3.05) is 10.6 Å².